The average Bonchev–Trinajstić information content (AvgIpc) is 2.25. The van der Waals surface area contributed by atoms with Gasteiger partial charge in [0.2, 0.25) is 0 Å². The Labute approximate surface area is 89.8 Å². The van der Waals surface area contributed by atoms with E-state index in [0.29, 0.717) is 0 Å². The molecule has 0 aromatic rings. The Morgan fingerprint density at radius 3 is 2.79 bits per heavy atom. The Balaban J connectivity index is 1.88. The van der Waals surface area contributed by atoms with Crippen molar-refractivity contribution in [1.82, 2.24) is 0 Å². The average molecular weight is 193 g/mol. The van der Waals surface area contributed by atoms with Crippen LogP contribution in [0.2, 0.25) is 0 Å². The fraction of sp³-hybridized carbons (Fsp3) is 0.786. The van der Waals surface area contributed by atoms with Crippen LogP contribution in [0.5, 0.6) is 0 Å². The quantitative estimate of drug-likeness (QED) is 0.398. The van der Waals surface area contributed by atoms with Crippen molar-refractivity contribution in [1.29, 1.82) is 0 Å². The van der Waals surface area contributed by atoms with E-state index in [4.69, 9.17) is 0 Å². The van der Waals surface area contributed by atoms with E-state index in [-0.39, 0.29) is 0 Å². The van der Waals surface area contributed by atoms with Gasteiger partial charge in [-0.3, -0.25) is 0 Å². The van der Waals surface area contributed by atoms with Crippen LogP contribution in [0.4, 0.5) is 0 Å². The molecule has 1 unspecified atom stereocenters. The predicted octanol–water partition coefficient (Wildman–Crippen LogP) is 4.91. The largest absolute Gasteiger partial charge is 0.0882 e. The van der Waals surface area contributed by atoms with E-state index in [2.05, 4.69) is 25.5 Å². The molecule has 0 aliphatic heterocycles. The third-order valence-corrected chi connectivity index (χ3v) is 3.07. The first-order valence-electron chi connectivity index (χ1n) is 6.43. The summed E-state index contributed by atoms with van der Waals surface area (Å²) in [6, 6.07) is 0. The van der Waals surface area contributed by atoms with Crippen molar-refractivity contribution in [3.05, 3.63) is 18.6 Å². The third-order valence-electron chi connectivity index (χ3n) is 3.07. The second kappa shape index (κ2) is 8.08. The summed E-state index contributed by atoms with van der Waals surface area (Å²) in [7, 11) is 0. The van der Waals surface area contributed by atoms with Gasteiger partial charge in [0.15, 0.2) is 0 Å². The van der Waals surface area contributed by atoms with Crippen LogP contribution in [0.3, 0.4) is 0 Å². The molecule has 0 heteroatoms. The van der Waals surface area contributed by atoms with Crippen LogP contribution in [-0.2, 0) is 0 Å². The van der Waals surface area contributed by atoms with Crippen LogP contribution in [0, 0.1) is 12.3 Å². The third kappa shape index (κ3) is 5.47. The highest BCUT2D eigenvalue weighted by Gasteiger charge is 2.07. The molecule has 0 aromatic carbocycles. The van der Waals surface area contributed by atoms with Gasteiger partial charge in [0.1, 0.15) is 0 Å². The first-order valence-corrected chi connectivity index (χ1v) is 6.43. The van der Waals surface area contributed by atoms with Gasteiger partial charge in [0.25, 0.3) is 0 Å². The predicted molar refractivity (Wildman–Crippen MR) is 64.2 cm³/mol. The van der Waals surface area contributed by atoms with Crippen LogP contribution < -0.4 is 0 Å². The highest BCUT2D eigenvalue weighted by molar-refractivity contribution is 4.98. The second-order valence-electron chi connectivity index (χ2n) is 4.46. The molecule has 14 heavy (non-hydrogen) atoms. The lowest BCUT2D eigenvalue weighted by Crippen LogP contribution is -2.01. The van der Waals surface area contributed by atoms with Crippen molar-refractivity contribution in [2.45, 2.75) is 64.7 Å². The van der Waals surface area contributed by atoms with E-state index in [1.54, 1.807) is 0 Å². The minimum absolute atomic E-state index is 0.801. The zero-order chi connectivity index (χ0) is 10.1. The minimum Gasteiger partial charge on any atom is -0.0882 e. The van der Waals surface area contributed by atoms with Crippen LogP contribution in [0.15, 0.2) is 12.2 Å². The molecule has 0 bridgehead atoms. The smallest absolute Gasteiger partial charge is 0.0202 e. The SMILES string of the molecule is CCCCCCC[CH]C1C=CCCC1. The Kier molecular flexibility index (Phi) is 6.82. The maximum absolute atomic E-state index is 2.53. The molecule has 0 saturated carbocycles. The molecule has 0 N–H and O–H groups in total. The first-order chi connectivity index (χ1) is 6.93. The Morgan fingerprint density at radius 1 is 1.21 bits per heavy atom. The van der Waals surface area contributed by atoms with Crippen LogP contribution in [0.1, 0.15) is 64.7 Å². The van der Waals surface area contributed by atoms with E-state index in [0.717, 1.165) is 5.92 Å². The molecule has 1 rings (SSSR count). The summed E-state index contributed by atoms with van der Waals surface area (Å²) in [6.45, 7) is 2.28. The summed E-state index contributed by atoms with van der Waals surface area (Å²) in [5, 5.41) is 0. The van der Waals surface area contributed by atoms with Crippen LogP contribution in [0.25, 0.3) is 0 Å². The molecule has 0 aromatic heterocycles. The van der Waals surface area contributed by atoms with E-state index in [1.807, 2.05) is 0 Å². The Morgan fingerprint density at radius 2 is 2.07 bits per heavy atom. The van der Waals surface area contributed by atoms with Gasteiger partial charge in [0, 0.05) is 0 Å². The van der Waals surface area contributed by atoms with Gasteiger partial charge in [-0.05, 0) is 38.0 Å². The number of hydrogen-bond acceptors (Lipinski definition) is 0. The number of rotatable bonds is 7. The van der Waals surface area contributed by atoms with Crippen molar-refractivity contribution in [3.8, 4) is 0 Å². The van der Waals surface area contributed by atoms with Gasteiger partial charge in [0.05, 0.1) is 0 Å². The van der Waals surface area contributed by atoms with E-state index >= 15 is 0 Å². The van der Waals surface area contributed by atoms with Gasteiger partial charge < -0.3 is 0 Å². The highest BCUT2D eigenvalue weighted by Crippen LogP contribution is 2.21. The van der Waals surface area contributed by atoms with E-state index in [9.17, 15) is 0 Å². The number of unbranched alkanes of at least 4 members (excludes halogenated alkanes) is 5. The van der Waals surface area contributed by atoms with E-state index in [1.165, 1.54) is 57.8 Å². The summed E-state index contributed by atoms with van der Waals surface area (Å²) in [4.78, 5) is 0. The normalized spacial score (nSPS) is 21.4. The van der Waals surface area contributed by atoms with Gasteiger partial charge in [-0.15, -0.1) is 0 Å². The maximum Gasteiger partial charge on any atom is -0.0202 e. The van der Waals surface area contributed by atoms with Crippen molar-refractivity contribution >= 4 is 0 Å². The lowest BCUT2D eigenvalue weighted by molar-refractivity contribution is 0.556. The van der Waals surface area contributed by atoms with Crippen molar-refractivity contribution in [3.63, 3.8) is 0 Å². The zero-order valence-corrected chi connectivity index (χ0v) is 9.67. The maximum atomic E-state index is 2.53. The minimum atomic E-state index is 0.801. The molecular weight excluding hydrogens is 168 g/mol. The highest BCUT2D eigenvalue weighted by atomic mass is 14.1. The Hall–Kier alpha value is -0.260. The molecular formula is C14H25. The Bertz CT molecular complexity index is 146. The molecule has 1 aliphatic rings. The fourth-order valence-corrected chi connectivity index (χ4v) is 2.11. The monoisotopic (exact) mass is 193 g/mol. The summed E-state index contributed by atoms with van der Waals surface area (Å²) in [5.74, 6) is 0.801. The molecule has 0 saturated heterocycles. The molecule has 1 radical (unpaired) electrons. The second-order valence-corrected chi connectivity index (χ2v) is 4.46. The van der Waals surface area contributed by atoms with Gasteiger partial charge in [-0.2, -0.15) is 0 Å². The first kappa shape index (κ1) is 11.8. The lowest BCUT2D eigenvalue weighted by Gasteiger charge is -2.15. The molecule has 0 nitrogen and oxygen atoms in total. The fourth-order valence-electron chi connectivity index (χ4n) is 2.11. The van der Waals surface area contributed by atoms with Crippen LogP contribution in [-0.4, -0.2) is 0 Å². The van der Waals surface area contributed by atoms with Crippen molar-refractivity contribution in [2.24, 2.45) is 5.92 Å². The molecule has 0 fully saturated rings. The van der Waals surface area contributed by atoms with Crippen LogP contribution >= 0.6 is 0 Å². The van der Waals surface area contributed by atoms with Crippen molar-refractivity contribution < 1.29 is 0 Å². The molecule has 0 heterocycles. The molecule has 1 atom stereocenters. The summed E-state index contributed by atoms with van der Waals surface area (Å²) >= 11 is 0. The van der Waals surface area contributed by atoms with Gasteiger partial charge in [-0.1, -0.05) is 51.2 Å². The van der Waals surface area contributed by atoms with Gasteiger partial charge >= 0.3 is 0 Å². The molecule has 0 spiro atoms. The molecule has 1 aliphatic carbocycles. The molecule has 81 valence electrons. The summed E-state index contributed by atoms with van der Waals surface area (Å²) < 4.78 is 0. The summed E-state index contributed by atoms with van der Waals surface area (Å²) in [5.41, 5.74) is 0. The van der Waals surface area contributed by atoms with Crippen molar-refractivity contribution in [2.75, 3.05) is 0 Å². The lowest BCUT2D eigenvalue weighted by atomic mass is 9.91. The van der Waals surface area contributed by atoms with E-state index < -0.39 is 0 Å². The number of allylic oxidation sites excluding steroid dienone is 2. The standard InChI is InChI=1S/C14H25/c1-2-3-4-5-6-8-11-14-12-9-7-10-13-14/h9,11-12,14H,2-8,10,13H2,1H3. The zero-order valence-electron chi connectivity index (χ0n) is 9.67. The number of hydrogen-bond donors (Lipinski definition) is 0. The topological polar surface area (TPSA) is 0 Å². The molecule has 0 amide bonds. The summed E-state index contributed by atoms with van der Waals surface area (Å²) in [6.07, 6.45) is 19.8. The van der Waals surface area contributed by atoms with Gasteiger partial charge in [-0.25, -0.2) is 0 Å².